The van der Waals surface area contributed by atoms with E-state index in [2.05, 4.69) is 6.92 Å². The van der Waals surface area contributed by atoms with Gasteiger partial charge in [-0.1, -0.05) is 45.4 Å². The molecular weight excluding hydrogens is 286 g/mol. The molecule has 134 valence electrons. The molecule has 0 aromatic carbocycles. The van der Waals surface area contributed by atoms with Crippen LogP contribution in [0.3, 0.4) is 0 Å². The third kappa shape index (κ3) is 21.6. The molecule has 6 nitrogen and oxygen atoms in total. The number of carboxylic acid groups (broad SMARTS) is 1. The highest BCUT2D eigenvalue weighted by molar-refractivity contribution is 5.66. The van der Waals surface area contributed by atoms with Gasteiger partial charge in [0.1, 0.15) is 0 Å². The van der Waals surface area contributed by atoms with Gasteiger partial charge in [0.25, 0.3) is 0 Å². The number of aliphatic carboxylic acids is 1. The highest BCUT2D eigenvalue weighted by atomic mass is 16.4. The van der Waals surface area contributed by atoms with Gasteiger partial charge in [-0.25, -0.2) is 0 Å². The molecule has 4 N–H and O–H groups in total. The maximum Gasteiger partial charge on any atom is 0.303 e. The van der Waals surface area contributed by atoms with Crippen molar-refractivity contribution in [2.45, 2.75) is 58.3 Å². The molecule has 0 aliphatic carbocycles. The minimum atomic E-state index is -0.663. The van der Waals surface area contributed by atoms with E-state index in [0.717, 1.165) is 12.8 Å². The molecule has 0 rings (SSSR count). The first kappa shape index (κ1) is 23.6. The van der Waals surface area contributed by atoms with Crippen molar-refractivity contribution in [1.82, 2.24) is 4.90 Å². The minimum absolute atomic E-state index is 0.0694. The molecule has 0 aromatic heterocycles. The largest absolute Gasteiger partial charge is 0.481 e. The Morgan fingerprint density at radius 1 is 0.773 bits per heavy atom. The standard InChI is InChI=1S/C10H20O2.C6H15NO3/c1-2-3-4-5-6-7-8-9-10(11)12;8-4-1-7(2-5-9)3-6-10/h2-9H2,1H3,(H,11,12);8-10H,1-6H2. The van der Waals surface area contributed by atoms with Crippen molar-refractivity contribution in [3.8, 4) is 0 Å². The van der Waals surface area contributed by atoms with E-state index < -0.39 is 5.97 Å². The van der Waals surface area contributed by atoms with Crippen molar-refractivity contribution in [3.05, 3.63) is 0 Å². The summed E-state index contributed by atoms with van der Waals surface area (Å²) in [5.74, 6) is -0.663. The van der Waals surface area contributed by atoms with E-state index in [0.29, 0.717) is 26.1 Å². The van der Waals surface area contributed by atoms with E-state index in [4.69, 9.17) is 20.4 Å². The topological polar surface area (TPSA) is 101 Å². The summed E-state index contributed by atoms with van der Waals surface area (Å²) in [5.41, 5.74) is 0. The number of unbranched alkanes of at least 4 members (excludes halogenated alkanes) is 6. The van der Waals surface area contributed by atoms with Crippen LogP contribution in [0.1, 0.15) is 58.3 Å². The van der Waals surface area contributed by atoms with Crippen LogP contribution in [0.2, 0.25) is 0 Å². The predicted molar refractivity (Wildman–Crippen MR) is 87.9 cm³/mol. The molecule has 0 saturated carbocycles. The van der Waals surface area contributed by atoms with Crippen molar-refractivity contribution >= 4 is 5.97 Å². The van der Waals surface area contributed by atoms with Crippen LogP contribution in [0.4, 0.5) is 0 Å². The van der Waals surface area contributed by atoms with Gasteiger partial charge in [-0.15, -0.1) is 0 Å². The first-order valence-corrected chi connectivity index (χ1v) is 8.39. The lowest BCUT2D eigenvalue weighted by Gasteiger charge is -2.17. The zero-order valence-electron chi connectivity index (χ0n) is 14.0. The number of hydrogen-bond acceptors (Lipinski definition) is 5. The lowest BCUT2D eigenvalue weighted by Crippen LogP contribution is -2.32. The zero-order valence-corrected chi connectivity index (χ0v) is 14.0. The smallest absolute Gasteiger partial charge is 0.303 e. The summed E-state index contributed by atoms with van der Waals surface area (Å²) >= 11 is 0. The fourth-order valence-electron chi connectivity index (χ4n) is 1.99. The van der Waals surface area contributed by atoms with Crippen molar-refractivity contribution in [1.29, 1.82) is 0 Å². The van der Waals surface area contributed by atoms with E-state index in [-0.39, 0.29) is 19.8 Å². The van der Waals surface area contributed by atoms with Gasteiger partial charge in [-0.3, -0.25) is 9.69 Å². The Balaban J connectivity index is 0. The van der Waals surface area contributed by atoms with Gasteiger partial charge in [0.05, 0.1) is 19.8 Å². The third-order valence-electron chi connectivity index (χ3n) is 3.24. The van der Waals surface area contributed by atoms with Crippen LogP contribution >= 0.6 is 0 Å². The van der Waals surface area contributed by atoms with Gasteiger partial charge in [-0.2, -0.15) is 0 Å². The molecule has 0 saturated heterocycles. The number of rotatable bonds is 14. The second-order valence-electron chi connectivity index (χ2n) is 5.28. The van der Waals surface area contributed by atoms with Crippen LogP contribution < -0.4 is 0 Å². The Morgan fingerprint density at radius 3 is 1.55 bits per heavy atom. The molecule has 6 heteroatoms. The molecule has 22 heavy (non-hydrogen) atoms. The van der Waals surface area contributed by atoms with Crippen LogP contribution in [0, 0.1) is 0 Å². The molecule has 0 spiro atoms. The molecular formula is C16H35NO5. The Kier molecular flexibility index (Phi) is 21.8. The highest BCUT2D eigenvalue weighted by Crippen LogP contribution is 2.07. The lowest BCUT2D eigenvalue weighted by atomic mass is 10.1. The van der Waals surface area contributed by atoms with E-state index in [1.165, 1.54) is 32.1 Å². The van der Waals surface area contributed by atoms with Gasteiger partial charge in [-0.05, 0) is 6.42 Å². The average molecular weight is 321 g/mol. The van der Waals surface area contributed by atoms with Crippen molar-refractivity contribution in [3.63, 3.8) is 0 Å². The van der Waals surface area contributed by atoms with Gasteiger partial charge in [0, 0.05) is 26.1 Å². The molecule has 0 heterocycles. The Bertz CT molecular complexity index is 212. The Hall–Kier alpha value is -0.690. The molecule has 0 fully saturated rings. The van der Waals surface area contributed by atoms with Crippen LogP contribution in [0.5, 0.6) is 0 Å². The summed E-state index contributed by atoms with van der Waals surface area (Å²) in [7, 11) is 0. The number of aliphatic hydroxyl groups excluding tert-OH is 3. The summed E-state index contributed by atoms with van der Waals surface area (Å²) < 4.78 is 0. The second-order valence-corrected chi connectivity index (χ2v) is 5.28. The van der Waals surface area contributed by atoms with Gasteiger partial charge in [0.2, 0.25) is 0 Å². The molecule has 0 aliphatic rings. The van der Waals surface area contributed by atoms with E-state index in [9.17, 15) is 4.79 Å². The number of nitrogens with zero attached hydrogens (tertiary/aromatic N) is 1. The summed E-state index contributed by atoms with van der Waals surface area (Å²) in [4.78, 5) is 11.9. The highest BCUT2D eigenvalue weighted by Gasteiger charge is 2.00. The summed E-state index contributed by atoms with van der Waals surface area (Å²) in [6.07, 6.45) is 8.64. The molecule has 0 atom stereocenters. The quantitative estimate of drug-likeness (QED) is 0.362. The van der Waals surface area contributed by atoms with Crippen molar-refractivity contribution in [2.24, 2.45) is 0 Å². The normalized spacial score (nSPS) is 10.4. The van der Waals surface area contributed by atoms with E-state index in [1.807, 2.05) is 0 Å². The summed E-state index contributed by atoms with van der Waals surface area (Å²) in [6, 6.07) is 0. The summed E-state index contributed by atoms with van der Waals surface area (Å²) in [6.45, 7) is 3.95. The fraction of sp³-hybridized carbons (Fsp3) is 0.938. The van der Waals surface area contributed by atoms with E-state index >= 15 is 0 Å². The summed E-state index contributed by atoms with van der Waals surface area (Å²) in [5, 5.41) is 33.8. The number of carbonyl (C=O) groups is 1. The molecule has 0 aromatic rings. The number of aliphatic hydroxyl groups is 3. The maximum atomic E-state index is 10.1. The fourth-order valence-corrected chi connectivity index (χ4v) is 1.99. The van der Waals surface area contributed by atoms with Gasteiger partial charge < -0.3 is 20.4 Å². The van der Waals surface area contributed by atoms with Crippen molar-refractivity contribution in [2.75, 3.05) is 39.5 Å². The van der Waals surface area contributed by atoms with Gasteiger partial charge >= 0.3 is 5.97 Å². The lowest BCUT2D eigenvalue weighted by molar-refractivity contribution is -0.137. The molecule has 0 bridgehead atoms. The minimum Gasteiger partial charge on any atom is -0.481 e. The SMILES string of the molecule is CCCCCCCCCC(=O)O.OCCN(CCO)CCO. The first-order chi connectivity index (χ1) is 10.6. The first-order valence-electron chi connectivity index (χ1n) is 8.39. The maximum absolute atomic E-state index is 10.1. The Morgan fingerprint density at radius 2 is 1.18 bits per heavy atom. The van der Waals surface area contributed by atoms with E-state index in [1.54, 1.807) is 4.90 Å². The Labute approximate surface area is 134 Å². The van der Waals surface area contributed by atoms with Crippen molar-refractivity contribution < 1.29 is 25.2 Å². The monoisotopic (exact) mass is 321 g/mol. The second kappa shape index (κ2) is 20.3. The molecule has 0 amide bonds. The molecule has 0 aliphatic heterocycles. The van der Waals surface area contributed by atoms with Crippen LogP contribution in [-0.2, 0) is 4.79 Å². The molecule has 0 radical (unpaired) electrons. The number of carboxylic acids is 1. The average Bonchev–Trinajstić information content (AvgIpc) is 2.48. The number of hydrogen-bond donors (Lipinski definition) is 4. The van der Waals surface area contributed by atoms with Crippen LogP contribution in [0.25, 0.3) is 0 Å². The predicted octanol–water partition coefficient (Wildman–Crippen LogP) is 1.48. The van der Waals surface area contributed by atoms with Crippen LogP contribution in [0.15, 0.2) is 0 Å². The van der Waals surface area contributed by atoms with Gasteiger partial charge in [0.15, 0.2) is 0 Å². The molecule has 0 unspecified atom stereocenters. The third-order valence-corrected chi connectivity index (χ3v) is 3.24. The zero-order chi connectivity index (χ0) is 17.1. The van der Waals surface area contributed by atoms with Crippen LogP contribution in [-0.4, -0.2) is 70.8 Å².